The molecule has 72 valence electrons. The average molecular weight is 181 g/mol. The zero-order valence-electron chi connectivity index (χ0n) is 8.03. The smallest absolute Gasteiger partial charge is 0.121 e. The largest absolute Gasteiger partial charge is 0.384 e. The topological polar surface area (TPSA) is 53.1 Å². The number of hydrogen-bond donors (Lipinski definition) is 1. The van der Waals surface area contributed by atoms with E-state index in [2.05, 4.69) is 5.10 Å². The second-order valence-corrected chi connectivity index (χ2v) is 3.64. The molecule has 4 nitrogen and oxygen atoms in total. The molecule has 1 aromatic heterocycles. The fourth-order valence-electron chi connectivity index (χ4n) is 1.70. The van der Waals surface area contributed by atoms with Gasteiger partial charge in [-0.2, -0.15) is 5.10 Å². The molecule has 13 heavy (non-hydrogen) atoms. The van der Waals surface area contributed by atoms with Gasteiger partial charge in [-0.25, -0.2) is 0 Å². The molecule has 0 atom stereocenters. The molecule has 0 unspecified atom stereocenters. The van der Waals surface area contributed by atoms with Crippen LogP contribution in [0.25, 0.3) is 0 Å². The van der Waals surface area contributed by atoms with Gasteiger partial charge in [0, 0.05) is 26.1 Å². The van der Waals surface area contributed by atoms with Crippen LogP contribution in [0.5, 0.6) is 0 Å². The number of ether oxygens (including phenoxy) is 1. The quantitative estimate of drug-likeness (QED) is 0.737. The number of nitrogen functional groups attached to an aromatic ring is 1. The van der Waals surface area contributed by atoms with Crippen molar-refractivity contribution in [2.75, 3.05) is 12.8 Å². The summed E-state index contributed by atoms with van der Waals surface area (Å²) in [5.74, 6) is 1.28. The Morgan fingerprint density at radius 3 is 2.77 bits per heavy atom. The van der Waals surface area contributed by atoms with E-state index in [9.17, 15) is 0 Å². The van der Waals surface area contributed by atoms with E-state index >= 15 is 0 Å². The Kier molecular flexibility index (Phi) is 2.00. The monoisotopic (exact) mass is 181 g/mol. The second kappa shape index (κ2) is 3.03. The van der Waals surface area contributed by atoms with Crippen LogP contribution >= 0.6 is 0 Å². The molecule has 1 aliphatic carbocycles. The van der Waals surface area contributed by atoms with Crippen LogP contribution in [-0.4, -0.2) is 23.0 Å². The van der Waals surface area contributed by atoms with Gasteiger partial charge >= 0.3 is 0 Å². The first-order valence-corrected chi connectivity index (χ1v) is 4.53. The third-order valence-electron chi connectivity index (χ3n) is 2.78. The summed E-state index contributed by atoms with van der Waals surface area (Å²) >= 11 is 0. The SMILES string of the molecule is COC1CC(c2cc(N)n(C)n2)C1. The van der Waals surface area contributed by atoms with Gasteiger partial charge in [-0.05, 0) is 12.8 Å². The summed E-state index contributed by atoms with van der Waals surface area (Å²) in [6.07, 6.45) is 2.58. The summed E-state index contributed by atoms with van der Waals surface area (Å²) in [5, 5.41) is 4.34. The Morgan fingerprint density at radius 1 is 1.62 bits per heavy atom. The highest BCUT2D eigenvalue weighted by molar-refractivity contribution is 5.32. The summed E-state index contributed by atoms with van der Waals surface area (Å²) in [5.41, 5.74) is 6.80. The van der Waals surface area contributed by atoms with E-state index in [1.807, 2.05) is 13.1 Å². The van der Waals surface area contributed by atoms with Gasteiger partial charge in [0.15, 0.2) is 0 Å². The fourth-order valence-corrected chi connectivity index (χ4v) is 1.70. The maximum absolute atomic E-state index is 5.69. The van der Waals surface area contributed by atoms with Crippen LogP contribution in [0.15, 0.2) is 6.07 Å². The van der Waals surface area contributed by atoms with E-state index in [0.29, 0.717) is 12.0 Å². The highest BCUT2D eigenvalue weighted by atomic mass is 16.5. The van der Waals surface area contributed by atoms with E-state index in [4.69, 9.17) is 10.5 Å². The molecule has 1 fully saturated rings. The van der Waals surface area contributed by atoms with E-state index in [1.165, 1.54) is 0 Å². The van der Waals surface area contributed by atoms with Crippen molar-refractivity contribution in [3.05, 3.63) is 11.8 Å². The molecule has 2 rings (SSSR count). The molecule has 0 aliphatic heterocycles. The van der Waals surface area contributed by atoms with Crippen molar-refractivity contribution in [2.24, 2.45) is 7.05 Å². The van der Waals surface area contributed by atoms with Crippen LogP contribution in [0.2, 0.25) is 0 Å². The van der Waals surface area contributed by atoms with Gasteiger partial charge in [-0.3, -0.25) is 4.68 Å². The third-order valence-corrected chi connectivity index (χ3v) is 2.78. The van der Waals surface area contributed by atoms with Gasteiger partial charge in [0.1, 0.15) is 5.82 Å². The number of rotatable bonds is 2. The first kappa shape index (κ1) is 8.56. The standard InChI is InChI=1S/C9H15N3O/c1-12-9(10)5-8(11-12)6-3-7(4-6)13-2/h5-7H,3-4,10H2,1-2H3. The summed E-state index contributed by atoms with van der Waals surface area (Å²) < 4.78 is 6.93. The van der Waals surface area contributed by atoms with Crippen molar-refractivity contribution in [1.82, 2.24) is 9.78 Å². The molecular formula is C9H15N3O. The molecule has 1 aromatic rings. The van der Waals surface area contributed by atoms with Gasteiger partial charge in [0.2, 0.25) is 0 Å². The fraction of sp³-hybridized carbons (Fsp3) is 0.667. The number of anilines is 1. The lowest BCUT2D eigenvalue weighted by Crippen LogP contribution is -2.28. The Labute approximate surface area is 77.7 Å². The van der Waals surface area contributed by atoms with Gasteiger partial charge in [0.25, 0.3) is 0 Å². The Morgan fingerprint density at radius 2 is 2.31 bits per heavy atom. The highest BCUT2D eigenvalue weighted by Gasteiger charge is 2.32. The number of aromatic nitrogens is 2. The number of nitrogens with zero attached hydrogens (tertiary/aromatic N) is 2. The van der Waals surface area contributed by atoms with Gasteiger partial charge in [0.05, 0.1) is 11.8 Å². The molecule has 0 amide bonds. The molecule has 1 aliphatic rings. The molecular weight excluding hydrogens is 166 g/mol. The molecule has 2 N–H and O–H groups in total. The lowest BCUT2D eigenvalue weighted by Gasteiger charge is -2.32. The second-order valence-electron chi connectivity index (χ2n) is 3.64. The molecule has 0 bridgehead atoms. The predicted molar refractivity (Wildman–Crippen MR) is 50.4 cm³/mol. The van der Waals surface area contributed by atoms with Crippen LogP contribution in [0.3, 0.4) is 0 Å². The Balaban J connectivity index is 2.03. The minimum atomic E-state index is 0.424. The van der Waals surface area contributed by atoms with Crippen LogP contribution in [0.4, 0.5) is 5.82 Å². The van der Waals surface area contributed by atoms with Crippen LogP contribution in [-0.2, 0) is 11.8 Å². The van der Waals surface area contributed by atoms with E-state index in [1.54, 1.807) is 11.8 Å². The minimum absolute atomic E-state index is 0.424. The maximum Gasteiger partial charge on any atom is 0.121 e. The van der Waals surface area contributed by atoms with E-state index < -0.39 is 0 Å². The number of nitrogens with two attached hydrogens (primary N) is 1. The normalized spacial score (nSPS) is 27.2. The molecule has 1 heterocycles. The minimum Gasteiger partial charge on any atom is -0.384 e. The van der Waals surface area contributed by atoms with Crippen molar-refractivity contribution < 1.29 is 4.74 Å². The summed E-state index contributed by atoms with van der Waals surface area (Å²) in [4.78, 5) is 0. The van der Waals surface area contributed by atoms with Gasteiger partial charge in [-0.15, -0.1) is 0 Å². The van der Waals surface area contributed by atoms with Crippen molar-refractivity contribution in [1.29, 1.82) is 0 Å². The average Bonchev–Trinajstić information content (AvgIpc) is 2.30. The molecule has 4 heteroatoms. The van der Waals surface area contributed by atoms with Crippen LogP contribution in [0.1, 0.15) is 24.5 Å². The van der Waals surface area contributed by atoms with Gasteiger partial charge < -0.3 is 10.5 Å². The van der Waals surface area contributed by atoms with Crippen molar-refractivity contribution in [2.45, 2.75) is 24.9 Å². The van der Waals surface area contributed by atoms with Crippen LogP contribution < -0.4 is 5.73 Å². The summed E-state index contributed by atoms with van der Waals surface area (Å²) in [6.45, 7) is 0. The lowest BCUT2D eigenvalue weighted by atomic mass is 9.80. The zero-order chi connectivity index (χ0) is 9.42. The molecule has 0 spiro atoms. The van der Waals surface area contributed by atoms with Crippen molar-refractivity contribution in [3.8, 4) is 0 Å². The van der Waals surface area contributed by atoms with E-state index in [0.717, 1.165) is 24.4 Å². The lowest BCUT2D eigenvalue weighted by molar-refractivity contribution is 0.0246. The van der Waals surface area contributed by atoms with Gasteiger partial charge in [-0.1, -0.05) is 0 Å². The summed E-state index contributed by atoms with van der Waals surface area (Å²) in [6, 6.07) is 1.95. The number of hydrogen-bond acceptors (Lipinski definition) is 3. The molecule has 0 saturated heterocycles. The molecule has 1 saturated carbocycles. The third kappa shape index (κ3) is 1.42. The number of methoxy groups -OCH3 is 1. The zero-order valence-corrected chi connectivity index (χ0v) is 8.03. The highest BCUT2D eigenvalue weighted by Crippen LogP contribution is 2.37. The first-order chi connectivity index (χ1) is 6.20. The molecule has 0 aromatic carbocycles. The predicted octanol–water partition coefficient (Wildman–Crippen LogP) is 0.895. The first-order valence-electron chi connectivity index (χ1n) is 4.53. The maximum atomic E-state index is 5.69. The van der Waals surface area contributed by atoms with E-state index in [-0.39, 0.29) is 0 Å². The Hall–Kier alpha value is -1.03. The van der Waals surface area contributed by atoms with Crippen molar-refractivity contribution >= 4 is 5.82 Å². The number of aryl methyl sites for hydroxylation is 1. The Bertz CT molecular complexity index is 282. The summed E-state index contributed by atoms with van der Waals surface area (Å²) in [7, 11) is 3.62. The van der Waals surface area contributed by atoms with Crippen LogP contribution in [0, 0.1) is 0 Å². The van der Waals surface area contributed by atoms with Crippen molar-refractivity contribution in [3.63, 3.8) is 0 Å². The molecule has 0 radical (unpaired) electrons.